The third-order valence-corrected chi connectivity index (χ3v) is 6.81. The molecule has 1 aliphatic rings. The zero-order valence-electron chi connectivity index (χ0n) is 20.7. The highest BCUT2D eigenvalue weighted by Crippen LogP contribution is 2.33. The van der Waals surface area contributed by atoms with Crippen LogP contribution in [0.1, 0.15) is 41.5 Å². The van der Waals surface area contributed by atoms with E-state index in [1.165, 1.54) is 16.7 Å². The lowest BCUT2D eigenvalue weighted by atomic mass is 9.96. The summed E-state index contributed by atoms with van der Waals surface area (Å²) in [5, 5.41) is 9.64. The number of benzene rings is 3. The molecule has 0 radical (unpaired) electrons. The maximum absolute atomic E-state index is 11.7. The largest absolute Gasteiger partial charge is 0.496 e. The first-order valence-electron chi connectivity index (χ1n) is 12.1. The molecule has 0 aliphatic carbocycles. The summed E-state index contributed by atoms with van der Waals surface area (Å²) in [6.45, 7) is 3.42. The molecule has 5 heteroatoms. The summed E-state index contributed by atoms with van der Waals surface area (Å²) < 4.78 is 11.4. The predicted molar refractivity (Wildman–Crippen MR) is 141 cm³/mol. The molecule has 1 heterocycles. The Kier molecular flexibility index (Phi) is 7.88. The summed E-state index contributed by atoms with van der Waals surface area (Å²) in [7, 11) is 3.31. The molecule has 1 fully saturated rings. The van der Waals surface area contributed by atoms with E-state index in [2.05, 4.69) is 55.5 Å². The summed E-state index contributed by atoms with van der Waals surface area (Å²) in [4.78, 5) is 13.8. The number of nitrogens with zero attached hydrogens (tertiary/aromatic N) is 1. The zero-order chi connectivity index (χ0) is 24.8. The average molecular weight is 472 g/mol. The highest BCUT2D eigenvalue weighted by Gasteiger charge is 2.29. The van der Waals surface area contributed by atoms with Crippen LogP contribution in [-0.4, -0.2) is 42.8 Å². The smallest absolute Gasteiger partial charge is 0.320 e. The quantitative estimate of drug-likeness (QED) is 0.391. The van der Waals surface area contributed by atoms with Crippen molar-refractivity contribution in [1.29, 1.82) is 0 Å². The van der Waals surface area contributed by atoms with Gasteiger partial charge in [-0.2, -0.15) is 0 Å². The van der Waals surface area contributed by atoms with E-state index in [0.29, 0.717) is 13.0 Å². The number of aliphatic carboxylic acids is 1. The van der Waals surface area contributed by atoms with E-state index >= 15 is 0 Å². The summed E-state index contributed by atoms with van der Waals surface area (Å²) in [5.74, 6) is 0.705. The number of likely N-dealkylation sites (tertiary alicyclic amines) is 1. The van der Waals surface area contributed by atoms with Crippen molar-refractivity contribution in [2.45, 2.75) is 38.8 Å². The van der Waals surface area contributed by atoms with Crippen molar-refractivity contribution in [3.05, 3.63) is 82.9 Å². The molecule has 0 spiro atoms. The lowest BCUT2D eigenvalue weighted by molar-refractivity contribution is -0.144. The number of methoxy groups -OCH3 is 2. The summed E-state index contributed by atoms with van der Waals surface area (Å²) >= 11 is 0. The van der Waals surface area contributed by atoms with Crippen molar-refractivity contribution in [3.63, 3.8) is 0 Å². The van der Waals surface area contributed by atoms with Crippen molar-refractivity contribution >= 4 is 18.1 Å². The van der Waals surface area contributed by atoms with E-state index < -0.39 is 12.0 Å². The van der Waals surface area contributed by atoms with Gasteiger partial charge in [-0.15, -0.1) is 0 Å². The van der Waals surface area contributed by atoms with Crippen LogP contribution in [0.4, 0.5) is 0 Å². The normalized spacial score (nSPS) is 16.4. The fourth-order valence-corrected chi connectivity index (χ4v) is 4.86. The van der Waals surface area contributed by atoms with Crippen LogP contribution in [0.5, 0.6) is 11.5 Å². The second-order valence-electron chi connectivity index (χ2n) is 8.95. The third kappa shape index (κ3) is 5.57. The number of carboxylic acid groups (broad SMARTS) is 1. The molecule has 0 saturated carbocycles. The highest BCUT2D eigenvalue weighted by molar-refractivity contribution is 5.79. The number of piperidine rings is 1. The monoisotopic (exact) mass is 471 g/mol. The van der Waals surface area contributed by atoms with Crippen molar-refractivity contribution < 1.29 is 19.4 Å². The first-order chi connectivity index (χ1) is 17.0. The minimum atomic E-state index is -0.761. The van der Waals surface area contributed by atoms with E-state index in [1.54, 1.807) is 14.2 Å². The van der Waals surface area contributed by atoms with Crippen molar-refractivity contribution in [3.8, 4) is 22.6 Å². The van der Waals surface area contributed by atoms with Gasteiger partial charge < -0.3 is 14.6 Å². The molecule has 5 nitrogen and oxygen atoms in total. The standard InChI is InChI=1S/C30H33NO4/c1-21-22(12-9-13-26(21)23-10-5-4-6-11-23)15-16-24-18-29(35-3)25(19-28(24)34-2)20-31-17-8-7-14-27(31)30(32)33/h4-6,9-13,15-16,18-19,27H,7-8,14,17,20H2,1-3H3,(H,32,33)/b16-15+/t27-/m0/s1. The fourth-order valence-electron chi connectivity index (χ4n) is 4.86. The number of ether oxygens (including phenoxy) is 2. The molecule has 0 amide bonds. The number of carboxylic acids is 1. The minimum absolute atomic E-state index is 0.459. The lowest BCUT2D eigenvalue weighted by Crippen LogP contribution is -2.44. The van der Waals surface area contributed by atoms with Gasteiger partial charge in [0, 0.05) is 17.7 Å². The van der Waals surface area contributed by atoms with Crippen LogP contribution in [0.25, 0.3) is 23.3 Å². The summed E-state index contributed by atoms with van der Waals surface area (Å²) in [6.07, 6.45) is 6.78. The second-order valence-corrected chi connectivity index (χ2v) is 8.95. The van der Waals surface area contributed by atoms with E-state index in [9.17, 15) is 9.90 Å². The molecule has 3 aromatic carbocycles. The van der Waals surface area contributed by atoms with Gasteiger partial charge in [-0.05, 0) is 60.7 Å². The number of hydrogen-bond donors (Lipinski definition) is 1. The van der Waals surface area contributed by atoms with Gasteiger partial charge in [0.05, 0.1) is 14.2 Å². The van der Waals surface area contributed by atoms with Crippen molar-refractivity contribution in [2.24, 2.45) is 0 Å². The second kappa shape index (κ2) is 11.2. The SMILES string of the molecule is COc1cc(CN2CCCC[C@H]2C(=O)O)c(OC)cc1/C=C/c1cccc(-c2ccccc2)c1C. The van der Waals surface area contributed by atoms with Gasteiger partial charge in [0.1, 0.15) is 17.5 Å². The van der Waals surface area contributed by atoms with Gasteiger partial charge in [-0.1, -0.05) is 67.1 Å². The van der Waals surface area contributed by atoms with E-state index in [0.717, 1.165) is 47.6 Å². The molecular formula is C30H33NO4. The van der Waals surface area contributed by atoms with E-state index in [-0.39, 0.29) is 0 Å². The van der Waals surface area contributed by atoms with Crippen LogP contribution in [0.3, 0.4) is 0 Å². The molecule has 0 bridgehead atoms. The van der Waals surface area contributed by atoms with Crippen LogP contribution in [-0.2, 0) is 11.3 Å². The minimum Gasteiger partial charge on any atom is -0.496 e. The van der Waals surface area contributed by atoms with Gasteiger partial charge in [0.2, 0.25) is 0 Å². The fraction of sp³-hybridized carbons (Fsp3) is 0.300. The number of hydrogen-bond acceptors (Lipinski definition) is 4. The Morgan fingerprint density at radius 2 is 1.71 bits per heavy atom. The van der Waals surface area contributed by atoms with Crippen molar-refractivity contribution in [2.75, 3.05) is 20.8 Å². The Balaban J connectivity index is 1.63. The maximum atomic E-state index is 11.7. The number of rotatable bonds is 8. The molecule has 1 atom stereocenters. The molecule has 0 unspecified atom stereocenters. The predicted octanol–water partition coefficient (Wildman–Crippen LogP) is 6.29. The Morgan fingerprint density at radius 1 is 0.971 bits per heavy atom. The lowest BCUT2D eigenvalue weighted by Gasteiger charge is -2.33. The van der Waals surface area contributed by atoms with Gasteiger partial charge in [-0.25, -0.2) is 0 Å². The Morgan fingerprint density at radius 3 is 2.43 bits per heavy atom. The first-order valence-corrected chi connectivity index (χ1v) is 12.1. The molecule has 1 aliphatic heterocycles. The van der Waals surface area contributed by atoms with Gasteiger partial charge in [-0.3, -0.25) is 9.69 Å². The molecule has 1 N–H and O–H groups in total. The van der Waals surface area contributed by atoms with E-state index in [4.69, 9.17) is 9.47 Å². The van der Waals surface area contributed by atoms with Crippen LogP contribution < -0.4 is 9.47 Å². The van der Waals surface area contributed by atoms with Crippen molar-refractivity contribution in [1.82, 2.24) is 4.90 Å². The van der Waals surface area contributed by atoms with E-state index in [1.807, 2.05) is 29.2 Å². The topological polar surface area (TPSA) is 59.0 Å². The average Bonchev–Trinajstić information content (AvgIpc) is 2.89. The third-order valence-electron chi connectivity index (χ3n) is 6.81. The molecule has 35 heavy (non-hydrogen) atoms. The molecule has 4 rings (SSSR count). The maximum Gasteiger partial charge on any atom is 0.320 e. The molecular weight excluding hydrogens is 438 g/mol. The molecule has 182 valence electrons. The molecule has 3 aromatic rings. The molecule has 0 aromatic heterocycles. The summed E-state index contributed by atoms with van der Waals surface area (Å²) in [5.41, 5.74) is 6.59. The summed E-state index contributed by atoms with van der Waals surface area (Å²) in [6, 6.07) is 20.2. The van der Waals surface area contributed by atoms with Crippen LogP contribution in [0, 0.1) is 6.92 Å². The Hall–Kier alpha value is -3.57. The first kappa shape index (κ1) is 24.6. The van der Waals surface area contributed by atoms with Crippen LogP contribution in [0.15, 0.2) is 60.7 Å². The van der Waals surface area contributed by atoms with Crippen LogP contribution in [0.2, 0.25) is 0 Å². The number of carbonyl (C=O) groups is 1. The zero-order valence-corrected chi connectivity index (χ0v) is 20.7. The van der Waals surface area contributed by atoms with Gasteiger partial charge in [0.25, 0.3) is 0 Å². The van der Waals surface area contributed by atoms with Gasteiger partial charge >= 0.3 is 5.97 Å². The molecule has 1 saturated heterocycles. The van der Waals surface area contributed by atoms with Gasteiger partial charge in [0.15, 0.2) is 0 Å². The van der Waals surface area contributed by atoms with Crippen LogP contribution >= 0.6 is 0 Å². The Bertz CT molecular complexity index is 1200. The Labute approximate surface area is 207 Å². The highest BCUT2D eigenvalue weighted by atomic mass is 16.5.